The summed E-state index contributed by atoms with van der Waals surface area (Å²) in [5.41, 5.74) is 0. The molecule has 4 heteroatoms. The van der Waals surface area contributed by atoms with Crippen molar-refractivity contribution in [3.8, 4) is 0 Å². The van der Waals surface area contributed by atoms with E-state index >= 15 is 0 Å². The van der Waals surface area contributed by atoms with Gasteiger partial charge >= 0.3 is 11.8 Å². The van der Waals surface area contributed by atoms with E-state index in [1.807, 2.05) is 21.5 Å². The van der Waals surface area contributed by atoms with E-state index in [-0.39, 0.29) is 0 Å². The van der Waals surface area contributed by atoms with Gasteiger partial charge in [-0.2, -0.15) is 0 Å². The van der Waals surface area contributed by atoms with Crippen molar-refractivity contribution in [3.63, 3.8) is 0 Å². The number of aryl methyl sites for hydroxylation is 2. The van der Waals surface area contributed by atoms with Gasteiger partial charge in [0.2, 0.25) is 0 Å². The lowest BCUT2D eigenvalue weighted by atomic mass is 10.2. The highest BCUT2D eigenvalue weighted by atomic mass is 16.4. The van der Waals surface area contributed by atoms with Crippen molar-refractivity contribution in [3.05, 3.63) is 18.2 Å². The summed E-state index contributed by atoms with van der Waals surface area (Å²) in [7, 11) is 0. The molecule has 20 heavy (non-hydrogen) atoms. The number of rotatable bonds is 11. The van der Waals surface area contributed by atoms with Gasteiger partial charge in [0.05, 0.1) is 13.1 Å². The maximum atomic E-state index is 11.4. The Morgan fingerprint density at radius 2 is 1.75 bits per heavy atom. The molecule has 0 aliphatic carbocycles. The minimum Gasteiger partial charge on any atom is -0.472 e. The second-order valence-electron chi connectivity index (χ2n) is 5.44. The molecule has 1 heterocycles. The normalized spacial score (nSPS) is 10.9. The van der Waals surface area contributed by atoms with Crippen molar-refractivity contribution in [2.75, 3.05) is 0 Å². The number of carboxylic acid groups (broad SMARTS) is 1. The van der Waals surface area contributed by atoms with Crippen LogP contribution in [0.4, 0.5) is 0 Å². The van der Waals surface area contributed by atoms with Crippen molar-refractivity contribution in [1.29, 1.82) is 0 Å². The summed E-state index contributed by atoms with van der Waals surface area (Å²) < 4.78 is 3.77. The fourth-order valence-corrected chi connectivity index (χ4v) is 2.49. The maximum absolute atomic E-state index is 11.4. The number of imidazole rings is 1. The van der Waals surface area contributed by atoms with Crippen LogP contribution in [-0.4, -0.2) is 15.6 Å². The lowest BCUT2D eigenvalue weighted by molar-refractivity contribution is -0.699. The van der Waals surface area contributed by atoms with Crippen LogP contribution in [0.3, 0.4) is 0 Å². The largest absolute Gasteiger partial charge is 0.472 e. The van der Waals surface area contributed by atoms with Gasteiger partial charge in [-0.25, -0.2) is 13.9 Å². The van der Waals surface area contributed by atoms with Crippen LogP contribution in [0, 0.1) is 0 Å². The first-order valence-corrected chi connectivity index (χ1v) is 8.02. The van der Waals surface area contributed by atoms with E-state index in [0.717, 1.165) is 25.9 Å². The molecule has 0 atom stereocenters. The highest BCUT2D eigenvalue weighted by molar-refractivity contribution is 5.81. The topological polar surface area (TPSA) is 46.1 Å². The van der Waals surface area contributed by atoms with Gasteiger partial charge in [-0.3, -0.25) is 0 Å². The zero-order valence-corrected chi connectivity index (χ0v) is 13.0. The number of aromatic nitrogens is 2. The van der Waals surface area contributed by atoms with E-state index in [0.29, 0.717) is 5.82 Å². The lowest BCUT2D eigenvalue weighted by Crippen LogP contribution is -2.39. The first-order valence-electron chi connectivity index (χ1n) is 8.02. The lowest BCUT2D eigenvalue weighted by Gasteiger charge is -2.02. The van der Waals surface area contributed by atoms with E-state index in [1.54, 1.807) is 0 Å². The molecule has 0 saturated heterocycles. The first-order chi connectivity index (χ1) is 9.70. The number of unbranched alkanes of at least 4 members (excludes halogenated alkanes) is 6. The van der Waals surface area contributed by atoms with Gasteiger partial charge in [-0.1, -0.05) is 39.5 Å². The Bertz CT molecular complexity index is 370. The fraction of sp³-hybridized carbons (Fsp3) is 0.750. The average Bonchev–Trinajstić information content (AvgIpc) is 2.83. The van der Waals surface area contributed by atoms with E-state index in [1.165, 1.54) is 38.5 Å². The first kappa shape index (κ1) is 16.7. The van der Waals surface area contributed by atoms with E-state index < -0.39 is 5.97 Å². The van der Waals surface area contributed by atoms with Crippen LogP contribution >= 0.6 is 0 Å². The van der Waals surface area contributed by atoms with Gasteiger partial charge in [-0.05, 0) is 25.7 Å². The Labute approximate surface area is 122 Å². The van der Waals surface area contributed by atoms with Gasteiger partial charge in [0, 0.05) is 0 Å². The number of hydrogen-bond donors (Lipinski definition) is 1. The van der Waals surface area contributed by atoms with Gasteiger partial charge in [-0.15, -0.1) is 0 Å². The molecule has 0 aliphatic rings. The van der Waals surface area contributed by atoms with Crippen molar-refractivity contribution in [2.45, 2.75) is 78.3 Å². The Morgan fingerprint density at radius 1 is 1.10 bits per heavy atom. The molecule has 0 unspecified atom stereocenters. The molecule has 0 aliphatic heterocycles. The van der Waals surface area contributed by atoms with Crippen LogP contribution in [-0.2, 0) is 13.1 Å². The summed E-state index contributed by atoms with van der Waals surface area (Å²) in [6.45, 7) is 5.98. The van der Waals surface area contributed by atoms with Crippen molar-refractivity contribution < 1.29 is 14.5 Å². The molecule has 0 amide bonds. The number of carboxylic acids is 1. The van der Waals surface area contributed by atoms with Gasteiger partial charge in [0.1, 0.15) is 12.4 Å². The predicted molar refractivity (Wildman–Crippen MR) is 79.9 cm³/mol. The molecule has 0 radical (unpaired) electrons. The molecule has 0 saturated carbocycles. The summed E-state index contributed by atoms with van der Waals surface area (Å²) in [6.07, 6.45) is 13.1. The molecule has 0 fully saturated rings. The van der Waals surface area contributed by atoms with E-state index in [2.05, 4.69) is 13.8 Å². The van der Waals surface area contributed by atoms with Crippen LogP contribution in [0.25, 0.3) is 0 Å². The zero-order chi connectivity index (χ0) is 14.8. The second kappa shape index (κ2) is 9.56. The minimum absolute atomic E-state index is 0.429. The highest BCUT2D eigenvalue weighted by Crippen LogP contribution is 2.05. The maximum Gasteiger partial charge on any atom is 0.419 e. The van der Waals surface area contributed by atoms with Crippen LogP contribution < -0.4 is 4.57 Å². The summed E-state index contributed by atoms with van der Waals surface area (Å²) in [5, 5.41) is 9.40. The molecule has 1 rings (SSSR count). The quantitative estimate of drug-likeness (QED) is 0.497. The Kier molecular flexibility index (Phi) is 8.00. The standard InChI is InChI=1S/C16H28N2O2/c1-3-5-7-9-11-17-13-14-18(15(17)16(19)20)12-10-8-6-4-2/h13-14H,3-12H2,1-2H3/p+1. The predicted octanol–water partition coefficient (Wildman–Crippen LogP) is 3.63. The Balaban J connectivity index is 2.57. The summed E-state index contributed by atoms with van der Waals surface area (Å²) in [6, 6.07) is 0. The Hall–Kier alpha value is -1.32. The van der Waals surface area contributed by atoms with Crippen LogP contribution in [0.1, 0.15) is 75.8 Å². The molecule has 0 spiro atoms. The summed E-state index contributed by atoms with van der Waals surface area (Å²) in [5.74, 6) is -0.390. The average molecular weight is 281 g/mol. The van der Waals surface area contributed by atoms with E-state index in [9.17, 15) is 9.90 Å². The summed E-state index contributed by atoms with van der Waals surface area (Å²) in [4.78, 5) is 11.4. The van der Waals surface area contributed by atoms with Crippen LogP contribution in [0.5, 0.6) is 0 Å². The molecular weight excluding hydrogens is 252 g/mol. The molecule has 1 N–H and O–H groups in total. The highest BCUT2D eigenvalue weighted by Gasteiger charge is 2.23. The third-order valence-corrected chi connectivity index (χ3v) is 3.67. The van der Waals surface area contributed by atoms with Crippen molar-refractivity contribution in [1.82, 2.24) is 4.57 Å². The monoisotopic (exact) mass is 281 g/mol. The zero-order valence-electron chi connectivity index (χ0n) is 13.0. The molecule has 1 aromatic rings. The number of aromatic carboxylic acids is 1. The van der Waals surface area contributed by atoms with Gasteiger partial charge in [0.25, 0.3) is 0 Å². The number of nitrogens with zero attached hydrogens (tertiary/aromatic N) is 2. The third kappa shape index (κ3) is 5.35. The number of carbonyl (C=O) groups is 1. The second-order valence-corrected chi connectivity index (χ2v) is 5.44. The SMILES string of the molecule is CCCCCCn1cc[n+](CCCCCC)c1C(=O)O. The van der Waals surface area contributed by atoms with Crippen LogP contribution in [0.2, 0.25) is 0 Å². The summed E-state index contributed by atoms with van der Waals surface area (Å²) >= 11 is 0. The third-order valence-electron chi connectivity index (χ3n) is 3.67. The van der Waals surface area contributed by atoms with E-state index in [4.69, 9.17) is 0 Å². The molecule has 1 aromatic heterocycles. The fourth-order valence-electron chi connectivity index (χ4n) is 2.49. The van der Waals surface area contributed by atoms with Gasteiger partial charge < -0.3 is 5.11 Å². The minimum atomic E-state index is -0.819. The van der Waals surface area contributed by atoms with Crippen molar-refractivity contribution >= 4 is 5.97 Å². The molecular formula is C16H29N2O2+. The smallest absolute Gasteiger partial charge is 0.419 e. The Morgan fingerprint density at radius 3 is 2.35 bits per heavy atom. The van der Waals surface area contributed by atoms with Crippen LogP contribution in [0.15, 0.2) is 12.4 Å². The molecule has 4 nitrogen and oxygen atoms in total. The van der Waals surface area contributed by atoms with Crippen molar-refractivity contribution in [2.24, 2.45) is 0 Å². The molecule has 114 valence electrons. The van der Waals surface area contributed by atoms with Gasteiger partial charge in [0.15, 0.2) is 0 Å². The number of hydrogen-bond acceptors (Lipinski definition) is 1. The molecule has 0 aromatic carbocycles. The molecule has 0 bridgehead atoms.